The van der Waals surface area contributed by atoms with E-state index in [2.05, 4.69) is 10.3 Å². The number of anilines is 1. The quantitative estimate of drug-likeness (QED) is 0.252. The Kier molecular flexibility index (Phi) is 8.77. The summed E-state index contributed by atoms with van der Waals surface area (Å²) >= 11 is 0. The Bertz CT molecular complexity index is 1490. The highest BCUT2D eigenvalue weighted by molar-refractivity contribution is 6.03. The van der Waals surface area contributed by atoms with Gasteiger partial charge in [0.15, 0.2) is 11.5 Å². The molecule has 0 aliphatic heterocycles. The largest absolute Gasteiger partial charge is 0.497 e. The van der Waals surface area contributed by atoms with Gasteiger partial charge < -0.3 is 24.5 Å². The Morgan fingerprint density at radius 3 is 2.34 bits per heavy atom. The third kappa shape index (κ3) is 6.16. The van der Waals surface area contributed by atoms with Crippen molar-refractivity contribution in [2.45, 2.75) is 50.6 Å². The average molecular weight is 556 g/mol. The molecule has 0 bridgehead atoms. The first-order valence-corrected chi connectivity index (χ1v) is 14.1. The Labute approximate surface area is 240 Å². The molecule has 0 spiro atoms. The van der Waals surface area contributed by atoms with Gasteiger partial charge in [-0.15, -0.1) is 0 Å². The van der Waals surface area contributed by atoms with Crippen molar-refractivity contribution in [1.82, 2.24) is 10.3 Å². The van der Waals surface area contributed by atoms with E-state index in [1.54, 1.807) is 44.4 Å². The third-order valence-corrected chi connectivity index (χ3v) is 7.82. The van der Waals surface area contributed by atoms with Gasteiger partial charge in [0.1, 0.15) is 11.8 Å². The molecule has 0 saturated heterocycles. The van der Waals surface area contributed by atoms with Crippen LogP contribution in [0.5, 0.6) is 17.2 Å². The van der Waals surface area contributed by atoms with E-state index in [0.29, 0.717) is 28.5 Å². The summed E-state index contributed by atoms with van der Waals surface area (Å²) in [5, 5.41) is 4.24. The van der Waals surface area contributed by atoms with Crippen LogP contribution >= 0.6 is 0 Å². The second-order valence-corrected chi connectivity index (χ2v) is 10.4. The maximum Gasteiger partial charge on any atom is 0.248 e. The topological polar surface area (TPSA) is 92.9 Å². The predicted octanol–water partition coefficient (Wildman–Crippen LogP) is 5.96. The zero-order valence-corrected chi connectivity index (χ0v) is 23.8. The van der Waals surface area contributed by atoms with Crippen LogP contribution in [0.4, 0.5) is 5.69 Å². The molecule has 1 heterocycles. The van der Waals surface area contributed by atoms with Gasteiger partial charge in [-0.3, -0.25) is 14.5 Å². The molecule has 3 aromatic carbocycles. The van der Waals surface area contributed by atoms with Gasteiger partial charge in [-0.2, -0.15) is 0 Å². The summed E-state index contributed by atoms with van der Waals surface area (Å²) in [4.78, 5) is 33.4. The number of carbonyl (C=O) groups excluding carboxylic acids is 2. The van der Waals surface area contributed by atoms with E-state index in [-0.39, 0.29) is 24.3 Å². The van der Waals surface area contributed by atoms with Crippen molar-refractivity contribution < 1.29 is 23.8 Å². The van der Waals surface area contributed by atoms with Crippen molar-refractivity contribution in [3.05, 3.63) is 84.1 Å². The fourth-order valence-electron chi connectivity index (χ4n) is 5.67. The lowest BCUT2D eigenvalue weighted by Crippen LogP contribution is -2.47. The molecule has 1 aliphatic carbocycles. The Balaban J connectivity index is 1.60. The smallest absolute Gasteiger partial charge is 0.248 e. The molecule has 0 unspecified atom stereocenters. The molecule has 214 valence electrons. The summed E-state index contributed by atoms with van der Waals surface area (Å²) in [5.74, 6) is 1.23. The average Bonchev–Trinajstić information content (AvgIpc) is 3.42. The van der Waals surface area contributed by atoms with Gasteiger partial charge in [-0.05, 0) is 54.3 Å². The number of aromatic amines is 1. The lowest BCUT2D eigenvalue weighted by molar-refractivity contribution is -0.127. The molecule has 1 aliphatic rings. The number of rotatable bonds is 10. The Morgan fingerprint density at radius 1 is 0.902 bits per heavy atom. The van der Waals surface area contributed by atoms with E-state index in [4.69, 9.17) is 14.2 Å². The first kappa shape index (κ1) is 28.1. The van der Waals surface area contributed by atoms with Gasteiger partial charge >= 0.3 is 0 Å². The summed E-state index contributed by atoms with van der Waals surface area (Å²) in [7, 11) is 4.72. The van der Waals surface area contributed by atoms with Gasteiger partial charge in [0.25, 0.3) is 0 Å². The number of ether oxygens (including phenoxy) is 3. The van der Waals surface area contributed by atoms with Crippen molar-refractivity contribution in [3.8, 4) is 17.2 Å². The molecule has 5 rings (SSSR count). The second-order valence-electron chi connectivity index (χ2n) is 10.4. The summed E-state index contributed by atoms with van der Waals surface area (Å²) in [6.45, 7) is 0. The fourth-order valence-corrected chi connectivity index (χ4v) is 5.67. The van der Waals surface area contributed by atoms with Crippen LogP contribution in [0.15, 0.2) is 72.9 Å². The minimum atomic E-state index is -0.918. The molecule has 2 amide bonds. The van der Waals surface area contributed by atoms with E-state index in [1.165, 1.54) is 6.42 Å². The number of para-hydroxylation sites is 1. The minimum absolute atomic E-state index is 0.0768. The molecule has 1 saturated carbocycles. The molecule has 8 nitrogen and oxygen atoms in total. The number of amides is 2. The van der Waals surface area contributed by atoms with Crippen LogP contribution in [0.1, 0.15) is 49.3 Å². The molecule has 0 radical (unpaired) electrons. The van der Waals surface area contributed by atoms with E-state index in [9.17, 15) is 9.59 Å². The molecule has 4 aromatic rings. The number of aromatic nitrogens is 1. The minimum Gasteiger partial charge on any atom is -0.497 e. The number of nitrogens with zero attached hydrogens (tertiary/aromatic N) is 1. The van der Waals surface area contributed by atoms with Crippen molar-refractivity contribution in [3.63, 3.8) is 0 Å². The maximum absolute atomic E-state index is 14.4. The molecule has 41 heavy (non-hydrogen) atoms. The summed E-state index contributed by atoms with van der Waals surface area (Å²) < 4.78 is 16.4. The zero-order chi connectivity index (χ0) is 28.8. The van der Waals surface area contributed by atoms with Crippen molar-refractivity contribution in [1.29, 1.82) is 0 Å². The van der Waals surface area contributed by atoms with Crippen LogP contribution in [-0.2, 0) is 16.0 Å². The molecule has 1 aromatic heterocycles. The third-order valence-electron chi connectivity index (χ3n) is 7.82. The summed E-state index contributed by atoms with van der Waals surface area (Å²) in [5.41, 5.74) is 3.03. The van der Waals surface area contributed by atoms with Gasteiger partial charge in [0.05, 0.1) is 27.8 Å². The van der Waals surface area contributed by atoms with Crippen LogP contribution in [0.3, 0.4) is 0 Å². The molecule has 8 heteroatoms. The maximum atomic E-state index is 14.4. The van der Waals surface area contributed by atoms with Crippen LogP contribution in [0, 0.1) is 0 Å². The number of carbonyl (C=O) groups is 2. The van der Waals surface area contributed by atoms with Crippen molar-refractivity contribution in [2.75, 3.05) is 26.2 Å². The molecule has 1 atom stereocenters. The van der Waals surface area contributed by atoms with Crippen molar-refractivity contribution >= 4 is 28.4 Å². The number of fused-ring (bicyclic) bond motifs is 1. The molecule has 1 fully saturated rings. The van der Waals surface area contributed by atoms with E-state index in [1.807, 2.05) is 54.7 Å². The van der Waals surface area contributed by atoms with Gasteiger partial charge in [-0.1, -0.05) is 49.6 Å². The normalized spacial score (nSPS) is 14.3. The van der Waals surface area contributed by atoms with Crippen molar-refractivity contribution in [2.24, 2.45) is 0 Å². The van der Waals surface area contributed by atoms with E-state index < -0.39 is 6.04 Å². The molecular formula is C33H37N3O5. The first-order chi connectivity index (χ1) is 20.0. The highest BCUT2D eigenvalue weighted by atomic mass is 16.5. The number of H-pyrrole nitrogens is 1. The Hall–Kier alpha value is -4.46. The van der Waals surface area contributed by atoms with E-state index in [0.717, 1.165) is 42.1 Å². The number of methoxy groups -OCH3 is 3. The monoisotopic (exact) mass is 555 g/mol. The van der Waals surface area contributed by atoms with Crippen LogP contribution in [-0.4, -0.2) is 44.2 Å². The highest BCUT2D eigenvalue weighted by Gasteiger charge is 2.35. The lowest BCUT2D eigenvalue weighted by atomic mass is 9.94. The number of hydrogen-bond donors (Lipinski definition) is 2. The van der Waals surface area contributed by atoms with Crippen LogP contribution in [0.2, 0.25) is 0 Å². The van der Waals surface area contributed by atoms with E-state index >= 15 is 0 Å². The highest BCUT2D eigenvalue weighted by Crippen LogP contribution is 2.37. The van der Waals surface area contributed by atoms with Crippen LogP contribution < -0.4 is 24.4 Å². The summed E-state index contributed by atoms with van der Waals surface area (Å²) in [6.07, 6.45) is 7.16. The van der Waals surface area contributed by atoms with Gasteiger partial charge in [-0.25, -0.2) is 0 Å². The van der Waals surface area contributed by atoms with Crippen LogP contribution in [0.25, 0.3) is 10.9 Å². The Morgan fingerprint density at radius 2 is 1.63 bits per heavy atom. The molecular weight excluding hydrogens is 518 g/mol. The SMILES string of the molecule is COc1ccc([C@@H](C(=O)NC2CCCCC2)N(C(=O)Cc2c[nH]c3ccccc23)c2ccc(OC)c(OC)c2)cc1. The zero-order valence-electron chi connectivity index (χ0n) is 23.8. The lowest BCUT2D eigenvalue weighted by Gasteiger charge is -2.34. The summed E-state index contributed by atoms with van der Waals surface area (Å²) in [6, 6.07) is 19.6. The fraction of sp³-hybridized carbons (Fsp3) is 0.333. The second kappa shape index (κ2) is 12.8. The van der Waals surface area contributed by atoms with Gasteiger partial charge in [0.2, 0.25) is 11.8 Å². The van der Waals surface area contributed by atoms with Gasteiger partial charge in [0, 0.05) is 34.9 Å². The standard InChI is InChI=1S/C33H37N3O5/c1-39-26-16-13-22(14-17-26)32(33(38)35-24-9-5-4-6-10-24)36(25-15-18-29(40-2)30(20-25)41-3)31(37)19-23-21-34-28-12-8-7-11-27(23)28/h7-8,11-18,20-21,24,32,34H,4-6,9-10,19H2,1-3H3,(H,35,38)/t32-/m0/s1. The number of benzene rings is 3. The molecule has 2 N–H and O–H groups in total. The first-order valence-electron chi connectivity index (χ1n) is 14.1. The predicted molar refractivity (Wildman–Crippen MR) is 160 cm³/mol. The number of hydrogen-bond acceptors (Lipinski definition) is 5. The number of nitrogens with one attached hydrogen (secondary N) is 2.